The van der Waals surface area contributed by atoms with Crippen LogP contribution in [-0.4, -0.2) is 47.4 Å². The van der Waals surface area contributed by atoms with Crippen LogP contribution >= 0.6 is 0 Å². The van der Waals surface area contributed by atoms with E-state index < -0.39 is 15.9 Å². The molecule has 2 heterocycles. The first kappa shape index (κ1) is 20.1. The van der Waals surface area contributed by atoms with Gasteiger partial charge in [-0.05, 0) is 19.8 Å². The minimum absolute atomic E-state index is 0.0664. The molecular formula is C16H26N6O3S. The third kappa shape index (κ3) is 4.70. The van der Waals surface area contributed by atoms with Crippen LogP contribution in [0.3, 0.4) is 0 Å². The molecule has 2 aromatic heterocycles. The van der Waals surface area contributed by atoms with Crippen LogP contribution in [0, 0.1) is 5.92 Å². The fraction of sp³-hybridized carbons (Fsp3) is 0.562. The largest absolute Gasteiger partial charge is 0.381 e. The van der Waals surface area contributed by atoms with Crippen molar-refractivity contribution in [2.75, 3.05) is 17.6 Å². The summed E-state index contributed by atoms with van der Waals surface area (Å²) in [5, 5.41) is 16.0. The lowest BCUT2D eigenvalue weighted by Gasteiger charge is -2.21. The van der Waals surface area contributed by atoms with Crippen LogP contribution in [0.15, 0.2) is 12.4 Å². The Bertz CT molecular complexity index is 891. The molecule has 2 aromatic rings. The van der Waals surface area contributed by atoms with Gasteiger partial charge in [0, 0.05) is 25.3 Å². The number of carbonyl (C=O) groups is 1. The molecule has 1 amide bonds. The minimum Gasteiger partial charge on any atom is -0.381 e. The van der Waals surface area contributed by atoms with Crippen LogP contribution in [0.25, 0.3) is 11.0 Å². The predicted molar refractivity (Wildman–Crippen MR) is 101 cm³/mol. The molecule has 0 bridgehead atoms. The Kier molecular flexibility index (Phi) is 6.19. The molecule has 0 aliphatic heterocycles. The van der Waals surface area contributed by atoms with Gasteiger partial charge in [0.15, 0.2) is 5.65 Å². The Morgan fingerprint density at radius 3 is 2.58 bits per heavy atom. The first-order chi connectivity index (χ1) is 12.1. The van der Waals surface area contributed by atoms with E-state index in [0.717, 1.165) is 5.39 Å². The number of nitrogens with one attached hydrogen (secondary N) is 2. The monoisotopic (exact) mass is 382 g/mol. The fourth-order valence-electron chi connectivity index (χ4n) is 2.38. The molecule has 9 nitrogen and oxygen atoms in total. The molecular weight excluding hydrogens is 356 g/mol. The van der Waals surface area contributed by atoms with E-state index >= 15 is 0 Å². The van der Waals surface area contributed by atoms with Crippen LogP contribution in [0.5, 0.6) is 0 Å². The molecule has 0 fully saturated rings. The third-order valence-corrected chi connectivity index (χ3v) is 5.03. The normalized spacial score (nSPS) is 13.2. The van der Waals surface area contributed by atoms with Gasteiger partial charge in [-0.1, -0.05) is 13.8 Å². The van der Waals surface area contributed by atoms with Gasteiger partial charge in [-0.15, -0.1) is 0 Å². The molecule has 0 radical (unpaired) electrons. The zero-order valence-electron chi connectivity index (χ0n) is 15.5. The average Bonchev–Trinajstić information content (AvgIpc) is 2.97. The average molecular weight is 382 g/mol. The van der Waals surface area contributed by atoms with Gasteiger partial charge >= 0.3 is 0 Å². The number of amides is 1. The first-order valence-corrected chi connectivity index (χ1v) is 10.2. The third-order valence-electron chi connectivity index (χ3n) is 4.25. The number of nitrogens with two attached hydrogens (primary N) is 1. The van der Waals surface area contributed by atoms with Crippen molar-refractivity contribution in [1.29, 1.82) is 0 Å². The first-order valence-electron chi connectivity index (χ1n) is 8.53. The highest BCUT2D eigenvalue weighted by Crippen LogP contribution is 2.27. The smallest absolute Gasteiger partial charge is 0.255 e. The molecule has 26 heavy (non-hydrogen) atoms. The van der Waals surface area contributed by atoms with E-state index in [1.807, 2.05) is 13.8 Å². The maximum Gasteiger partial charge on any atom is 0.255 e. The van der Waals surface area contributed by atoms with Gasteiger partial charge in [0.25, 0.3) is 5.91 Å². The summed E-state index contributed by atoms with van der Waals surface area (Å²) in [6.45, 7) is 8.75. The van der Waals surface area contributed by atoms with Crippen molar-refractivity contribution >= 4 is 32.7 Å². The number of sulfonamides is 1. The number of pyridine rings is 1. The van der Waals surface area contributed by atoms with Crippen molar-refractivity contribution in [2.45, 2.75) is 40.3 Å². The summed E-state index contributed by atoms with van der Waals surface area (Å²) in [6, 6.07) is 0.113. The van der Waals surface area contributed by atoms with Gasteiger partial charge in [-0.25, -0.2) is 23.2 Å². The second-order valence-corrected chi connectivity index (χ2v) is 8.28. The Labute approximate surface area is 153 Å². The van der Waals surface area contributed by atoms with Gasteiger partial charge < -0.3 is 10.6 Å². The van der Waals surface area contributed by atoms with Crippen LogP contribution < -0.4 is 15.8 Å². The summed E-state index contributed by atoms with van der Waals surface area (Å²) in [6.07, 6.45) is 3.17. The van der Waals surface area contributed by atoms with Crippen LogP contribution in [0.2, 0.25) is 0 Å². The highest BCUT2D eigenvalue weighted by molar-refractivity contribution is 7.89. The van der Waals surface area contributed by atoms with E-state index in [0.29, 0.717) is 29.4 Å². The topological polar surface area (TPSA) is 132 Å². The zero-order valence-corrected chi connectivity index (χ0v) is 16.3. The van der Waals surface area contributed by atoms with E-state index in [4.69, 9.17) is 5.14 Å². The molecule has 2 rings (SSSR count). The Morgan fingerprint density at radius 2 is 2.00 bits per heavy atom. The molecule has 0 saturated carbocycles. The molecule has 10 heteroatoms. The SMILES string of the molecule is CCn1ncc2c(N[C@@H](C)C(C)C)c(C(=O)NCCS(N)(=O)=O)cnc21. The number of nitrogens with zero attached hydrogens (tertiary/aromatic N) is 3. The van der Waals surface area contributed by atoms with Crippen molar-refractivity contribution in [1.82, 2.24) is 20.1 Å². The van der Waals surface area contributed by atoms with Crippen molar-refractivity contribution < 1.29 is 13.2 Å². The summed E-state index contributed by atoms with van der Waals surface area (Å²) in [4.78, 5) is 16.9. The summed E-state index contributed by atoms with van der Waals surface area (Å²) < 4.78 is 23.8. The fourth-order valence-corrected chi connectivity index (χ4v) is 2.77. The molecule has 0 aliphatic carbocycles. The molecule has 0 aromatic carbocycles. The maximum atomic E-state index is 12.6. The number of fused-ring (bicyclic) bond motifs is 1. The molecule has 0 saturated heterocycles. The second kappa shape index (κ2) is 8.00. The lowest BCUT2D eigenvalue weighted by Crippen LogP contribution is -2.32. The number of aromatic nitrogens is 3. The lowest BCUT2D eigenvalue weighted by atomic mass is 10.0. The van der Waals surface area contributed by atoms with Gasteiger partial charge in [0.2, 0.25) is 10.0 Å². The summed E-state index contributed by atoms with van der Waals surface area (Å²) in [5.41, 5.74) is 1.67. The molecule has 4 N–H and O–H groups in total. The number of hydrogen-bond acceptors (Lipinski definition) is 6. The van der Waals surface area contributed by atoms with Crippen molar-refractivity contribution in [3.05, 3.63) is 18.0 Å². The Balaban J connectivity index is 2.39. The minimum atomic E-state index is -3.64. The van der Waals surface area contributed by atoms with E-state index in [2.05, 4.69) is 34.6 Å². The van der Waals surface area contributed by atoms with Crippen molar-refractivity contribution in [3.8, 4) is 0 Å². The summed E-state index contributed by atoms with van der Waals surface area (Å²) in [5.74, 6) is -0.392. The molecule has 0 unspecified atom stereocenters. The standard InChI is InChI=1S/C16H26N6O3S/c1-5-22-15-12(9-20-22)14(21-11(4)10(2)3)13(8-19-15)16(23)18-6-7-26(17,24)25/h8-11H,5-7H2,1-4H3,(H,18,23)(H,19,21)(H2,17,24,25)/t11-/m0/s1. The molecule has 0 aliphatic rings. The van der Waals surface area contributed by atoms with Crippen molar-refractivity contribution in [3.63, 3.8) is 0 Å². The van der Waals surface area contributed by atoms with Crippen molar-refractivity contribution in [2.24, 2.45) is 11.1 Å². The summed E-state index contributed by atoms with van der Waals surface area (Å²) in [7, 11) is -3.64. The molecule has 144 valence electrons. The van der Waals surface area contributed by atoms with Gasteiger partial charge in [-0.3, -0.25) is 4.79 Å². The highest BCUT2D eigenvalue weighted by atomic mass is 32.2. The van der Waals surface area contributed by atoms with Crippen LogP contribution in [-0.2, 0) is 16.6 Å². The van der Waals surface area contributed by atoms with Crippen LogP contribution in [0.4, 0.5) is 5.69 Å². The molecule has 1 atom stereocenters. The highest BCUT2D eigenvalue weighted by Gasteiger charge is 2.20. The lowest BCUT2D eigenvalue weighted by molar-refractivity contribution is 0.0956. The number of hydrogen-bond donors (Lipinski definition) is 3. The van der Waals surface area contributed by atoms with Crippen LogP contribution in [0.1, 0.15) is 38.1 Å². The van der Waals surface area contributed by atoms with Gasteiger partial charge in [0.1, 0.15) is 0 Å². The Hall–Kier alpha value is -2.20. The number of carbonyl (C=O) groups excluding carboxylic acids is 1. The maximum absolute atomic E-state index is 12.6. The van der Waals surface area contributed by atoms with Gasteiger partial charge in [-0.2, -0.15) is 5.10 Å². The van der Waals surface area contributed by atoms with E-state index in [9.17, 15) is 13.2 Å². The number of rotatable bonds is 8. The van der Waals surface area contributed by atoms with E-state index in [1.165, 1.54) is 6.20 Å². The van der Waals surface area contributed by atoms with E-state index in [1.54, 1.807) is 10.9 Å². The second-order valence-electron chi connectivity index (χ2n) is 6.54. The summed E-state index contributed by atoms with van der Waals surface area (Å²) >= 11 is 0. The predicted octanol–water partition coefficient (Wildman–Crippen LogP) is 0.926. The van der Waals surface area contributed by atoms with E-state index in [-0.39, 0.29) is 18.3 Å². The Morgan fingerprint density at radius 1 is 1.31 bits per heavy atom. The van der Waals surface area contributed by atoms with Gasteiger partial charge in [0.05, 0.1) is 28.6 Å². The quantitative estimate of drug-likeness (QED) is 0.622. The number of primary sulfonamides is 1. The number of aryl methyl sites for hydroxylation is 1. The zero-order chi connectivity index (χ0) is 19.5. The number of anilines is 1. The molecule has 0 spiro atoms.